The molecule has 0 radical (unpaired) electrons. The Morgan fingerprint density at radius 3 is 2.44 bits per heavy atom. The molecule has 2 aromatic rings. The molecule has 0 unspecified atom stereocenters. The largest absolute Gasteiger partial charge is 0.465 e. The normalized spacial score (nSPS) is 10.0. The molecule has 130 valence electrons. The molecular formula is C19H20N2O4. The number of anilines is 2. The molecule has 0 aliphatic carbocycles. The first-order valence-electron chi connectivity index (χ1n) is 7.74. The molecule has 6 heteroatoms. The number of hydrogen-bond donors (Lipinski definition) is 1. The second-order valence-corrected chi connectivity index (χ2v) is 5.53. The fourth-order valence-electron chi connectivity index (χ4n) is 2.42. The molecule has 1 N–H and O–H groups in total. The van der Waals surface area contributed by atoms with Crippen molar-refractivity contribution < 1.29 is 19.1 Å². The average Bonchev–Trinajstić information content (AvgIpc) is 2.59. The van der Waals surface area contributed by atoms with Crippen molar-refractivity contribution in [1.82, 2.24) is 0 Å². The first-order valence-corrected chi connectivity index (χ1v) is 7.74. The minimum atomic E-state index is -0.569. The summed E-state index contributed by atoms with van der Waals surface area (Å²) >= 11 is 0. The Kier molecular flexibility index (Phi) is 5.89. The highest BCUT2D eigenvalue weighted by atomic mass is 16.5. The van der Waals surface area contributed by atoms with E-state index < -0.39 is 5.97 Å². The second kappa shape index (κ2) is 8.10. The molecule has 2 amide bonds. The first-order chi connectivity index (χ1) is 11.9. The van der Waals surface area contributed by atoms with Crippen LogP contribution in [0.1, 0.15) is 22.8 Å². The Balaban J connectivity index is 2.23. The fourth-order valence-corrected chi connectivity index (χ4v) is 2.42. The maximum Gasteiger partial charge on any atom is 0.339 e. The Labute approximate surface area is 146 Å². The lowest BCUT2D eigenvalue weighted by atomic mass is 10.1. The monoisotopic (exact) mass is 340 g/mol. The smallest absolute Gasteiger partial charge is 0.339 e. The van der Waals surface area contributed by atoms with Crippen molar-refractivity contribution in [3.05, 3.63) is 59.7 Å². The zero-order valence-corrected chi connectivity index (χ0v) is 14.4. The van der Waals surface area contributed by atoms with E-state index in [4.69, 9.17) is 4.74 Å². The van der Waals surface area contributed by atoms with Crippen molar-refractivity contribution in [3.63, 3.8) is 0 Å². The first kappa shape index (κ1) is 18.2. The van der Waals surface area contributed by atoms with Gasteiger partial charge in [0.05, 0.1) is 18.4 Å². The minimum Gasteiger partial charge on any atom is -0.465 e. The topological polar surface area (TPSA) is 75.7 Å². The predicted octanol–water partition coefficient (Wildman–Crippen LogP) is 2.77. The molecule has 0 fully saturated rings. The maximum absolute atomic E-state index is 12.3. The Hall–Kier alpha value is -3.15. The van der Waals surface area contributed by atoms with Gasteiger partial charge in [0.1, 0.15) is 6.54 Å². The molecule has 0 bridgehead atoms. The van der Waals surface area contributed by atoms with E-state index in [2.05, 4.69) is 5.32 Å². The van der Waals surface area contributed by atoms with Gasteiger partial charge < -0.3 is 15.0 Å². The lowest BCUT2D eigenvalue weighted by Crippen LogP contribution is -2.37. The van der Waals surface area contributed by atoms with E-state index in [-0.39, 0.29) is 23.9 Å². The number of amides is 2. The van der Waals surface area contributed by atoms with Crippen LogP contribution in [0.2, 0.25) is 0 Å². The number of rotatable bonds is 5. The molecule has 0 saturated heterocycles. The summed E-state index contributed by atoms with van der Waals surface area (Å²) in [5.74, 6) is -1.28. The van der Waals surface area contributed by atoms with Crippen molar-refractivity contribution in [3.8, 4) is 0 Å². The van der Waals surface area contributed by atoms with Gasteiger partial charge >= 0.3 is 5.97 Å². The molecule has 6 nitrogen and oxygen atoms in total. The summed E-state index contributed by atoms with van der Waals surface area (Å²) in [4.78, 5) is 37.5. The van der Waals surface area contributed by atoms with Gasteiger partial charge in [-0.25, -0.2) is 4.79 Å². The third-order valence-electron chi connectivity index (χ3n) is 3.58. The molecule has 0 atom stereocenters. The van der Waals surface area contributed by atoms with Crippen LogP contribution in [0.4, 0.5) is 11.4 Å². The van der Waals surface area contributed by atoms with Gasteiger partial charge in [0.15, 0.2) is 0 Å². The number of carbonyl (C=O) groups is 3. The quantitative estimate of drug-likeness (QED) is 0.849. The van der Waals surface area contributed by atoms with Crippen LogP contribution >= 0.6 is 0 Å². The molecule has 25 heavy (non-hydrogen) atoms. The van der Waals surface area contributed by atoms with Crippen LogP contribution in [-0.4, -0.2) is 31.4 Å². The van der Waals surface area contributed by atoms with Crippen LogP contribution in [0, 0.1) is 6.92 Å². The summed E-state index contributed by atoms with van der Waals surface area (Å²) in [5.41, 5.74) is 2.22. The van der Waals surface area contributed by atoms with Crippen molar-refractivity contribution in [2.75, 3.05) is 23.9 Å². The van der Waals surface area contributed by atoms with E-state index in [1.807, 2.05) is 25.1 Å². The van der Waals surface area contributed by atoms with Gasteiger partial charge in [-0.1, -0.05) is 24.3 Å². The lowest BCUT2D eigenvalue weighted by Gasteiger charge is -2.22. The third kappa shape index (κ3) is 4.67. The van der Waals surface area contributed by atoms with Crippen LogP contribution in [0.3, 0.4) is 0 Å². The molecule has 2 rings (SSSR count). The number of esters is 1. The molecule has 0 spiro atoms. The van der Waals surface area contributed by atoms with E-state index in [9.17, 15) is 14.4 Å². The number of carbonyl (C=O) groups excluding carboxylic acids is 3. The highest BCUT2D eigenvalue weighted by molar-refractivity contribution is 6.06. The number of hydrogen-bond acceptors (Lipinski definition) is 4. The lowest BCUT2D eigenvalue weighted by molar-refractivity contribution is -0.120. The van der Waals surface area contributed by atoms with Crippen LogP contribution in [0.15, 0.2) is 48.5 Å². The molecule has 0 aliphatic heterocycles. The van der Waals surface area contributed by atoms with Crippen LogP contribution in [0.25, 0.3) is 0 Å². The fraction of sp³-hybridized carbons (Fsp3) is 0.211. The summed E-state index contributed by atoms with van der Waals surface area (Å²) < 4.78 is 4.74. The number of methoxy groups -OCH3 is 1. The number of nitrogens with one attached hydrogen (secondary N) is 1. The second-order valence-electron chi connectivity index (χ2n) is 5.53. The van der Waals surface area contributed by atoms with Gasteiger partial charge in [-0.05, 0) is 36.8 Å². The van der Waals surface area contributed by atoms with Crippen molar-refractivity contribution in [2.24, 2.45) is 0 Å². The number of para-hydroxylation sites is 1. The molecule has 0 saturated carbocycles. The number of aryl methyl sites for hydroxylation is 1. The Morgan fingerprint density at radius 1 is 1.08 bits per heavy atom. The molecule has 0 aromatic heterocycles. The van der Waals surface area contributed by atoms with E-state index in [0.29, 0.717) is 11.4 Å². The van der Waals surface area contributed by atoms with E-state index >= 15 is 0 Å². The number of ether oxygens (including phenoxy) is 1. The highest BCUT2D eigenvalue weighted by Gasteiger charge is 2.22. The van der Waals surface area contributed by atoms with E-state index in [1.165, 1.54) is 18.9 Å². The van der Waals surface area contributed by atoms with Gasteiger partial charge in [-0.2, -0.15) is 0 Å². The SMILES string of the molecule is COC(=O)c1ccccc1N(CC(=O)Nc1cccc(C)c1)C(C)=O. The standard InChI is InChI=1S/C19H20N2O4/c1-13-7-6-8-15(11-13)20-18(23)12-21(14(2)22)17-10-5-4-9-16(17)19(24)25-3/h4-11H,12H2,1-3H3,(H,20,23). The predicted molar refractivity (Wildman–Crippen MR) is 95.6 cm³/mol. The number of nitrogens with zero attached hydrogens (tertiary/aromatic N) is 1. The molecule has 0 heterocycles. The molecular weight excluding hydrogens is 320 g/mol. The zero-order chi connectivity index (χ0) is 18.4. The van der Waals surface area contributed by atoms with Gasteiger partial charge in [0.2, 0.25) is 11.8 Å². The van der Waals surface area contributed by atoms with E-state index in [1.54, 1.807) is 30.3 Å². The summed E-state index contributed by atoms with van der Waals surface area (Å²) in [7, 11) is 1.27. The zero-order valence-electron chi connectivity index (χ0n) is 14.4. The van der Waals surface area contributed by atoms with Gasteiger partial charge in [-0.15, -0.1) is 0 Å². The minimum absolute atomic E-state index is 0.211. The number of benzene rings is 2. The van der Waals surface area contributed by atoms with Crippen LogP contribution < -0.4 is 10.2 Å². The Bertz CT molecular complexity index is 802. The third-order valence-corrected chi connectivity index (χ3v) is 3.58. The van der Waals surface area contributed by atoms with Crippen molar-refractivity contribution >= 4 is 29.2 Å². The summed E-state index contributed by atoms with van der Waals surface area (Å²) in [5, 5.41) is 2.75. The van der Waals surface area contributed by atoms with Crippen molar-refractivity contribution in [2.45, 2.75) is 13.8 Å². The van der Waals surface area contributed by atoms with E-state index in [0.717, 1.165) is 5.56 Å². The highest BCUT2D eigenvalue weighted by Crippen LogP contribution is 2.21. The van der Waals surface area contributed by atoms with Gasteiger partial charge in [0, 0.05) is 12.6 Å². The average molecular weight is 340 g/mol. The van der Waals surface area contributed by atoms with Crippen LogP contribution in [-0.2, 0) is 14.3 Å². The van der Waals surface area contributed by atoms with Gasteiger partial charge in [-0.3, -0.25) is 9.59 Å². The molecule has 2 aromatic carbocycles. The Morgan fingerprint density at radius 2 is 1.80 bits per heavy atom. The maximum atomic E-state index is 12.3. The summed E-state index contributed by atoms with van der Waals surface area (Å²) in [6, 6.07) is 13.9. The summed E-state index contributed by atoms with van der Waals surface area (Å²) in [6.07, 6.45) is 0. The summed E-state index contributed by atoms with van der Waals surface area (Å²) in [6.45, 7) is 3.05. The molecule has 0 aliphatic rings. The van der Waals surface area contributed by atoms with Gasteiger partial charge in [0.25, 0.3) is 0 Å². The van der Waals surface area contributed by atoms with Crippen LogP contribution in [0.5, 0.6) is 0 Å². The van der Waals surface area contributed by atoms with Crippen molar-refractivity contribution in [1.29, 1.82) is 0 Å².